The summed E-state index contributed by atoms with van der Waals surface area (Å²) in [7, 11) is 0. The van der Waals surface area contributed by atoms with E-state index >= 15 is 0 Å². The molecule has 0 radical (unpaired) electrons. The second-order valence-electron chi connectivity index (χ2n) is 4.92. The van der Waals surface area contributed by atoms with Crippen molar-refractivity contribution < 1.29 is 17.9 Å². The quantitative estimate of drug-likeness (QED) is 0.901. The van der Waals surface area contributed by atoms with Crippen LogP contribution in [0.2, 0.25) is 0 Å². The van der Waals surface area contributed by atoms with E-state index in [1.807, 2.05) is 11.8 Å². The first-order chi connectivity index (χ1) is 9.49. The van der Waals surface area contributed by atoms with Gasteiger partial charge in [0.15, 0.2) is 5.75 Å². The Hall–Kier alpha value is -1.43. The zero-order valence-corrected chi connectivity index (χ0v) is 11.4. The average Bonchev–Trinajstić information content (AvgIpc) is 2.83. The van der Waals surface area contributed by atoms with E-state index < -0.39 is 6.36 Å². The Balaban J connectivity index is 2.06. The molecule has 1 saturated heterocycles. The third kappa shape index (κ3) is 4.03. The molecule has 1 unspecified atom stereocenters. The molecular formula is C14H19F3N2O. The number of anilines is 1. The van der Waals surface area contributed by atoms with Crippen molar-refractivity contribution in [2.45, 2.75) is 19.7 Å². The highest BCUT2D eigenvalue weighted by Crippen LogP contribution is 2.35. The molecule has 2 rings (SSSR count). The van der Waals surface area contributed by atoms with Gasteiger partial charge in [0.25, 0.3) is 0 Å². The molecule has 0 spiro atoms. The third-order valence-electron chi connectivity index (χ3n) is 3.40. The smallest absolute Gasteiger partial charge is 0.404 e. The van der Waals surface area contributed by atoms with E-state index in [9.17, 15) is 13.2 Å². The van der Waals surface area contributed by atoms with E-state index in [4.69, 9.17) is 0 Å². The van der Waals surface area contributed by atoms with Crippen molar-refractivity contribution in [2.24, 2.45) is 5.92 Å². The number of hydrogen-bond acceptors (Lipinski definition) is 3. The van der Waals surface area contributed by atoms with Gasteiger partial charge < -0.3 is 15.0 Å². The molecule has 0 amide bonds. The number of ether oxygens (including phenoxy) is 1. The molecule has 0 saturated carbocycles. The Kier molecular flexibility index (Phi) is 4.75. The molecule has 112 valence electrons. The van der Waals surface area contributed by atoms with E-state index in [-0.39, 0.29) is 5.75 Å². The van der Waals surface area contributed by atoms with Crippen LogP contribution < -0.4 is 15.0 Å². The largest absolute Gasteiger partial charge is 0.573 e. The fourth-order valence-corrected chi connectivity index (χ4v) is 2.50. The molecular weight excluding hydrogens is 269 g/mol. The highest BCUT2D eigenvalue weighted by Gasteiger charge is 2.33. The van der Waals surface area contributed by atoms with Gasteiger partial charge in [0, 0.05) is 13.1 Å². The zero-order valence-electron chi connectivity index (χ0n) is 11.4. The van der Waals surface area contributed by atoms with Gasteiger partial charge in [-0.25, -0.2) is 0 Å². The maximum absolute atomic E-state index is 12.4. The average molecular weight is 288 g/mol. The Morgan fingerprint density at radius 3 is 2.80 bits per heavy atom. The first-order valence-corrected chi connectivity index (χ1v) is 6.80. The molecule has 1 aromatic rings. The lowest BCUT2D eigenvalue weighted by atomic mass is 10.1. The molecule has 1 aromatic carbocycles. The van der Waals surface area contributed by atoms with E-state index in [2.05, 4.69) is 10.1 Å². The molecule has 1 aliphatic heterocycles. The number of nitrogens with one attached hydrogen (secondary N) is 1. The highest BCUT2D eigenvalue weighted by molar-refractivity contribution is 5.59. The predicted molar refractivity (Wildman–Crippen MR) is 72.0 cm³/mol. The number of alkyl halides is 3. The summed E-state index contributed by atoms with van der Waals surface area (Å²) in [4.78, 5) is 1.96. The molecule has 20 heavy (non-hydrogen) atoms. The number of nitrogens with zero attached hydrogens (tertiary/aromatic N) is 1. The molecule has 0 aliphatic carbocycles. The van der Waals surface area contributed by atoms with Crippen LogP contribution in [0.5, 0.6) is 5.75 Å². The summed E-state index contributed by atoms with van der Waals surface area (Å²) in [6.45, 7) is 5.36. The van der Waals surface area contributed by atoms with E-state index in [1.54, 1.807) is 18.2 Å². The molecule has 1 heterocycles. The van der Waals surface area contributed by atoms with Gasteiger partial charge in [0.1, 0.15) is 0 Å². The normalized spacial score (nSPS) is 19.4. The maximum Gasteiger partial charge on any atom is 0.573 e. The lowest BCUT2D eigenvalue weighted by Gasteiger charge is -2.22. The third-order valence-corrected chi connectivity index (χ3v) is 3.40. The monoisotopic (exact) mass is 288 g/mol. The summed E-state index contributed by atoms with van der Waals surface area (Å²) in [6, 6.07) is 6.32. The van der Waals surface area contributed by atoms with E-state index in [0.717, 1.165) is 32.6 Å². The van der Waals surface area contributed by atoms with E-state index in [1.165, 1.54) is 6.07 Å². The van der Waals surface area contributed by atoms with Crippen LogP contribution in [-0.4, -0.2) is 32.5 Å². The van der Waals surface area contributed by atoms with Gasteiger partial charge in [-0.3, -0.25) is 0 Å². The van der Waals surface area contributed by atoms with Crippen molar-refractivity contribution in [2.75, 3.05) is 31.1 Å². The summed E-state index contributed by atoms with van der Waals surface area (Å²) < 4.78 is 41.3. The van der Waals surface area contributed by atoms with Crippen molar-refractivity contribution in [1.29, 1.82) is 0 Å². The Labute approximate surface area is 116 Å². The minimum atomic E-state index is -4.65. The number of halogens is 3. The van der Waals surface area contributed by atoms with Gasteiger partial charge in [-0.05, 0) is 37.6 Å². The van der Waals surface area contributed by atoms with Gasteiger partial charge in [0.05, 0.1) is 5.69 Å². The topological polar surface area (TPSA) is 24.5 Å². The molecule has 1 fully saturated rings. The van der Waals surface area contributed by atoms with Crippen LogP contribution in [0.15, 0.2) is 24.3 Å². The maximum atomic E-state index is 12.4. The number of para-hydroxylation sites is 2. The Morgan fingerprint density at radius 2 is 2.10 bits per heavy atom. The molecule has 0 aromatic heterocycles. The predicted octanol–water partition coefficient (Wildman–Crippen LogP) is 3.02. The van der Waals surface area contributed by atoms with Crippen LogP contribution in [-0.2, 0) is 0 Å². The number of hydrogen-bond donors (Lipinski definition) is 1. The molecule has 3 nitrogen and oxygen atoms in total. The summed E-state index contributed by atoms with van der Waals surface area (Å²) in [6.07, 6.45) is -3.67. The van der Waals surface area contributed by atoms with Gasteiger partial charge in [-0.2, -0.15) is 0 Å². The first kappa shape index (κ1) is 15.0. The lowest BCUT2D eigenvalue weighted by Crippen LogP contribution is -2.27. The Bertz CT molecular complexity index is 437. The zero-order chi connectivity index (χ0) is 14.6. The minimum Gasteiger partial charge on any atom is -0.404 e. The van der Waals surface area contributed by atoms with Crippen molar-refractivity contribution >= 4 is 5.69 Å². The summed E-state index contributed by atoms with van der Waals surface area (Å²) in [5.74, 6) is 0.345. The molecule has 0 bridgehead atoms. The summed E-state index contributed by atoms with van der Waals surface area (Å²) in [5.41, 5.74) is 0.517. The van der Waals surface area contributed by atoms with Crippen LogP contribution in [0.1, 0.15) is 13.3 Å². The number of benzene rings is 1. The van der Waals surface area contributed by atoms with Crippen molar-refractivity contribution in [3.63, 3.8) is 0 Å². The number of rotatable bonds is 5. The summed E-state index contributed by atoms with van der Waals surface area (Å²) >= 11 is 0. The molecule has 1 atom stereocenters. The van der Waals surface area contributed by atoms with Gasteiger partial charge >= 0.3 is 6.36 Å². The van der Waals surface area contributed by atoms with E-state index in [0.29, 0.717) is 11.6 Å². The van der Waals surface area contributed by atoms with Gasteiger partial charge in [-0.15, -0.1) is 13.2 Å². The lowest BCUT2D eigenvalue weighted by molar-refractivity contribution is -0.274. The summed E-state index contributed by atoms with van der Waals surface area (Å²) in [5, 5.41) is 3.28. The fraction of sp³-hybridized carbons (Fsp3) is 0.571. The van der Waals surface area contributed by atoms with Crippen molar-refractivity contribution in [3.8, 4) is 5.75 Å². The van der Waals surface area contributed by atoms with Crippen LogP contribution in [0.25, 0.3) is 0 Å². The van der Waals surface area contributed by atoms with Crippen LogP contribution >= 0.6 is 0 Å². The minimum absolute atomic E-state index is 0.121. The first-order valence-electron chi connectivity index (χ1n) is 6.80. The van der Waals surface area contributed by atoms with Gasteiger partial charge in [0.2, 0.25) is 0 Å². The molecule has 1 N–H and O–H groups in total. The van der Waals surface area contributed by atoms with Crippen molar-refractivity contribution in [3.05, 3.63) is 24.3 Å². The highest BCUT2D eigenvalue weighted by atomic mass is 19.4. The second-order valence-corrected chi connectivity index (χ2v) is 4.92. The standard InChI is InChI=1S/C14H19F3N2O/c1-2-18-9-11-7-8-19(10-11)12-5-3-4-6-13(12)20-14(15,16)17/h3-6,11,18H,2,7-10H2,1H3. The fourth-order valence-electron chi connectivity index (χ4n) is 2.50. The molecule has 6 heteroatoms. The van der Waals surface area contributed by atoms with Crippen LogP contribution in [0, 0.1) is 5.92 Å². The second kappa shape index (κ2) is 6.35. The SMILES string of the molecule is CCNCC1CCN(c2ccccc2OC(F)(F)F)C1. The molecule has 1 aliphatic rings. The Morgan fingerprint density at radius 1 is 1.35 bits per heavy atom. The van der Waals surface area contributed by atoms with Gasteiger partial charge in [-0.1, -0.05) is 19.1 Å². The van der Waals surface area contributed by atoms with Crippen molar-refractivity contribution in [1.82, 2.24) is 5.32 Å². The van der Waals surface area contributed by atoms with Crippen LogP contribution in [0.4, 0.5) is 18.9 Å². The van der Waals surface area contributed by atoms with Crippen LogP contribution in [0.3, 0.4) is 0 Å².